The van der Waals surface area contributed by atoms with Gasteiger partial charge in [0.2, 0.25) is 5.89 Å². The Morgan fingerprint density at radius 2 is 1.79 bits per heavy atom. The van der Waals surface area contributed by atoms with Gasteiger partial charge >= 0.3 is 0 Å². The summed E-state index contributed by atoms with van der Waals surface area (Å²) in [6.07, 6.45) is 3.21. The number of aliphatic hydroxyl groups is 1. The van der Waals surface area contributed by atoms with Crippen LogP contribution in [-0.2, 0) is 6.54 Å². The molecule has 10 heteroatoms. The SMILES string of the molecule is COc1cccc(OC)c1-c1cc(C(=O)N[C@@H](CC(C)C)CC(O)NCc2ncco2)nn1C(C)C(C)C. The largest absolute Gasteiger partial charge is 0.496 e. The lowest BCUT2D eigenvalue weighted by Gasteiger charge is -2.23. The van der Waals surface area contributed by atoms with E-state index in [4.69, 9.17) is 19.0 Å². The maximum absolute atomic E-state index is 13.5. The lowest BCUT2D eigenvalue weighted by molar-refractivity contribution is 0.0849. The minimum Gasteiger partial charge on any atom is -0.496 e. The fourth-order valence-electron chi connectivity index (χ4n) is 4.33. The molecule has 0 spiro atoms. The third-order valence-corrected chi connectivity index (χ3v) is 6.57. The molecule has 0 aliphatic rings. The van der Waals surface area contributed by atoms with Crippen LogP contribution in [0.4, 0.5) is 0 Å². The molecular formula is C28H41N5O5. The number of nitrogens with one attached hydrogen (secondary N) is 2. The van der Waals surface area contributed by atoms with Gasteiger partial charge in [0.1, 0.15) is 24.0 Å². The Morgan fingerprint density at radius 1 is 1.11 bits per heavy atom. The van der Waals surface area contributed by atoms with E-state index in [0.717, 1.165) is 11.3 Å². The van der Waals surface area contributed by atoms with Crippen LogP contribution in [0.2, 0.25) is 0 Å². The number of hydrogen-bond donors (Lipinski definition) is 3. The first-order valence-corrected chi connectivity index (χ1v) is 13.1. The number of aromatic nitrogens is 3. The number of oxazole rings is 1. The van der Waals surface area contributed by atoms with Crippen LogP contribution in [0.5, 0.6) is 11.5 Å². The number of rotatable bonds is 14. The number of carbonyl (C=O) groups excluding carboxylic acids is 1. The molecule has 208 valence electrons. The van der Waals surface area contributed by atoms with Gasteiger partial charge in [-0.1, -0.05) is 33.8 Å². The van der Waals surface area contributed by atoms with Crippen molar-refractivity contribution in [3.8, 4) is 22.8 Å². The lowest BCUT2D eigenvalue weighted by atomic mass is 10.00. The van der Waals surface area contributed by atoms with Gasteiger partial charge in [-0.05, 0) is 43.4 Å². The molecule has 0 aliphatic heterocycles. The maximum Gasteiger partial charge on any atom is 0.272 e. The van der Waals surface area contributed by atoms with E-state index >= 15 is 0 Å². The monoisotopic (exact) mass is 527 g/mol. The summed E-state index contributed by atoms with van der Waals surface area (Å²) in [6.45, 7) is 10.7. The van der Waals surface area contributed by atoms with Gasteiger partial charge in [0.05, 0.1) is 44.3 Å². The van der Waals surface area contributed by atoms with E-state index in [9.17, 15) is 9.90 Å². The Hall–Kier alpha value is -3.37. The fourth-order valence-corrected chi connectivity index (χ4v) is 4.33. The van der Waals surface area contributed by atoms with Crippen molar-refractivity contribution in [1.29, 1.82) is 0 Å². The topological polar surface area (TPSA) is 124 Å². The third-order valence-electron chi connectivity index (χ3n) is 6.57. The van der Waals surface area contributed by atoms with Crippen molar-refractivity contribution in [2.24, 2.45) is 11.8 Å². The Labute approximate surface area is 224 Å². The highest BCUT2D eigenvalue weighted by atomic mass is 16.5. The lowest BCUT2D eigenvalue weighted by Crippen LogP contribution is -2.42. The summed E-state index contributed by atoms with van der Waals surface area (Å²) in [5, 5.41) is 21.4. The van der Waals surface area contributed by atoms with E-state index in [2.05, 4.69) is 50.2 Å². The number of nitrogens with zero attached hydrogens (tertiary/aromatic N) is 3. The van der Waals surface area contributed by atoms with Crippen LogP contribution < -0.4 is 20.1 Å². The molecule has 0 fully saturated rings. The van der Waals surface area contributed by atoms with Crippen molar-refractivity contribution in [1.82, 2.24) is 25.4 Å². The molecule has 3 rings (SSSR count). The highest BCUT2D eigenvalue weighted by molar-refractivity contribution is 5.94. The number of methoxy groups -OCH3 is 2. The summed E-state index contributed by atoms with van der Waals surface area (Å²) in [4.78, 5) is 17.5. The Kier molecular flexibility index (Phi) is 10.3. The summed E-state index contributed by atoms with van der Waals surface area (Å²) >= 11 is 0. The molecule has 2 heterocycles. The molecular weight excluding hydrogens is 486 g/mol. The quantitative estimate of drug-likeness (QED) is 0.263. The average molecular weight is 528 g/mol. The molecule has 0 bridgehead atoms. The zero-order chi connectivity index (χ0) is 27.8. The molecule has 1 aromatic carbocycles. The van der Waals surface area contributed by atoms with Crippen molar-refractivity contribution < 1.29 is 23.8 Å². The normalized spacial score (nSPS) is 13.9. The first-order valence-electron chi connectivity index (χ1n) is 13.1. The van der Waals surface area contributed by atoms with E-state index in [-0.39, 0.29) is 36.1 Å². The Bertz CT molecular complexity index is 1140. The number of hydrogen-bond acceptors (Lipinski definition) is 8. The average Bonchev–Trinajstić information content (AvgIpc) is 3.56. The summed E-state index contributed by atoms with van der Waals surface area (Å²) < 4.78 is 18.4. The highest BCUT2D eigenvalue weighted by Gasteiger charge is 2.26. The molecule has 0 saturated heterocycles. The Balaban J connectivity index is 1.87. The number of ether oxygens (including phenoxy) is 2. The van der Waals surface area contributed by atoms with Crippen molar-refractivity contribution in [2.45, 2.75) is 72.3 Å². The predicted molar refractivity (Wildman–Crippen MR) is 145 cm³/mol. The Morgan fingerprint density at radius 3 is 2.34 bits per heavy atom. The van der Waals surface area contributed by atoms with Crippen molar-refractivity contribution in [3.63, 3.8) is 0 Å². The molecule has 1 amide bonds. The zero-order valence-electron chi connectivity index (χ0n) is 23.4. The summed E-state index contributed by atoms with van der Waals surface area (Å²) in [7, 11) is 3.21. The van der Waals surface area contributed by atoms with Crippen molar-refractivity contribution >= 4 is 5.91 Å². The second kappa shape index (κ2) is 13.4. The van der Waals surface area contributed by atoms with Crippen molar-refractivity contribution in [3.05, 3.63) is 48.3 Å². The van der Waals surface area contributed by atoms with E-state index < -0.39 is 6.23 Å². The molecule has 3 N–H and O–H groups in total. The first kappa shape index (κ1) is 29.2. The van der Waals surface area contributed by atoms with Crippen LogP contribution in [0.1, 0.15) is 69.9 Å². The van der Waals surface area contributed by atoms with Crippen LogP contribution in [-0.4, -0.2) is 52.3 Å². The predicted octanol–water partition coefficient (Wildman–Crippen LogP) is 4.42. The molecule has 2 unspecified atom stereocenters. The van der Waals surface area contributed by atoms with E-state index in [1.54, 1.807) is 26.5 Å². The smallest absolute Gasteiger partial charge is 0.272 e. The van der Waals surface area contributed by atoms with Gasteiger partial charge in [-0.2, -0.15) is 5.10 Å². The van der Waals surface area contributed by atoms with Gasteiger partial charge in [0, 0.05) is 12.5 Å². The highest BCUT2D eigenvalue weighted by Crippen LogP contribution is 2.40. The van der Waals surface area contributed by atoms with Gasteiger partial charge in [0.15, 0.2) is 5.69 Å². The van der Waals surface area contributed by atoms with Crippen LogP contribution in [0, 0.1) is 11.8 Å². The third kappa shape index (κ3) is 7.35. The second-order valence-electron chi connectivity index (χ2n) is 10.2. The molecule has 10 nitrogen and oxygen atoms in total. The van der Waals surface area contributed by atoms with Gasteiger partial charge < -0.3 is 24.3 Å². The number of benzene rings is 1. The standard InChI is InChI=1S/C28H41N5O5/c1-17(2)13-20(14-25(34)30-16-26-29-11-12-38-26)31-28(35)21-15-22(33(32-21)19(5)18(3)4)27-23(36-6)9-8-10-24(27)37-7/h8-12,15,17-20,25,30,34H,13-14,16H2,1-7H3,(H,31,35)/t19?,20-,25?/m0/s1. The number of aliphatic hydroxyl groups excluding tert-OH is 1. The summed E-state index contributed by atoms with van der Waals surface area (Å²) in [5.41, 5.74) is 1.76. The minimum absolute atomic E-state index is 0.00821. The van der Waals surface area contributed by atoms with Gasteiger partial charge in [-0.3, -0.25) is 14.8 Å². The van der Waals surface area contributed by atoms with Gasteiger partial charge in [0.25, 0.3) is 5.91 Å². The van der Waals surface area contributed by atoms with E-state index in [1.165, 1.54) is 6.26 Å². The second-order valence-corrected chi connectivity index (χ2v) is 10.2. The van der Waals surface area contributed by atoms with Crippen LogP contribution in [0.25, 0.3) is 11.3 Å². The molecule has 0 radical (unpaired) electrons. The van der Waals surface area contributed by atoms with Crippen LogP contribution >= 0.6 is 0 Å². The van der Waals surface area contributed by atoms with E-state index in [0.29, 0.717) is 36.1 Å². The molecule has 0 saturated carbocycles. The van der Waals surface area contributed by atoms with Gasteiger partial charge in [-0.25, -0.2) is 4.98 Å². The van der Waals surface area contributed by atoms with Crippen LogP contribution in [0.3, 0.4) is 0 Å². The maximum atomic E-state index is 13.5. The summed E-state index contributed by atoms with van der Waals surface area (Å²) in [5.74, 6) is 2.02. The molecule has 38 heavy (non-hydrogen) atoms. The first-order chi connectivity index (χ1) is 18.1. The molecule has 2 aromatic heterocycles. The number of carbonyl (C=O) groups is 1. The van der Waals surface area contributed by atoms with E-state index in [1.807, 2.05) is 22.9 Å². The fraction of sp³-hybridized carbons (Fsp3) is 0.536. The van der Waals surface area contributed by atoms with Crippen molar-refractivity contribution in [2.75, 3.05) is 14.2 Å². The number of amides is 1. The molecule has 0 aliphatic carbocycles. The summed E-state index contributed by atoms with van der Waals surface area (Å²) in [6, 6.07) is 7.10. The molecule has 3 atom stereocenters. The van der Waals surface area contributed by atoms with Crippen LogP contribution in [0.15, 0.2) is 41.1 Å². The minimum atomic E-state index is -0.849. The molecule has 3 aromatic rings. The van der Waals surface area contributed by atoms with Gasteiger partial charge in [-0.15, -0.1) is 0 Å². The zero-order valence-corrected chi connectivity index (χ0v) is 23.4.